The molecular weight excluding hydrogens is 318 g/mol. The van der Waals surface area contributed by atoms with Crippen LogP contribution in [0.4, 0.5) is 0 Å². The van der Waals surface area contributed by atoms with Gasteiger partial charge in [-0.1, -0.05) is 18.2 Å². The quantitative estimate of drug-likeness (QED) is 0.792. The average molecular weight is 333 g/mol. The number of fused-ring (bicyclic) bond motifs is 1. The van der Waals surface area contributed by atoms with Gasteiger partial charge in [-0.2, -0.15) is 5.26 Å². The standard InChI is InChI=1S/C18H15N5O2/c19-9-16-17(21-7-6-20-16)25-12-5-8-23(11-12)18(24)14-10-22-15-4-2-1-3-13(14)15/h1-4,6-7,10,12,22H,5,8,11H2/t12-/m1/s1. The van der Waals surface area contributed by atoms with Crippen molar-refractivity contribution in [1.29, 1.82) is 5.26 Å². The summed E-state index contributed by atoms with van der Waals surface area (Å²) < 4.78 is 5.78. The first-order valence-corrected chi connectivity index (χ1v) is 7.99. The number of likely N-dealkylation sites (tertiary alicyclic amines) is 1. The first kappa shape index (κ1) is 15.1. The first-order valence-electron chi connectivity index (χ1n) is 7.99. The molecule has 3 heterocycles. The second-order valence-corrected chi connectivity index (χ2v) is 5.85. The molecular formula is C18H15N5O2. The summed E-state index contributed by atoms with van der Waals surface area (Å²) in [4.78, 5) is 25.7. The highest BCUT2D eigenvalue weighted by Crippen LogP contribution is 2.23. The Morgan fingerprint density at radius 1 is 1.32 bits per heavy atom. The molecule has 7 nitrogen and oxygen atoms in total. The predicted molar refractivity (Wildman–Crippen MR) is 90.0 cm³/mol. The average Bonchev–Trinajstić information content (AvgIpc) is 3.28. The Balaban J connectivity index is 1.49. The molecule has 124 valence electrons. The third-order valence-electron chi connectivity index (χ3n) is 4.30. The summed E-state index contributed by atoms with van der Waals surface area (Å²) in [7, 11) is 0. The minimum Gasteiger partial charge on any atom is -0.470 e. The van der Waals surface area contributed by atoms with Gasteiger partial charge in [-0.15, -0.1) is 0 Å². The lowest BCUT2D eigenvalue weighted by Crippen LogP contribution is -2.31. The molecule has 1 aliphatic heterocycles. The Kier molecular flexibility index (Phi) is 3.78. The lowest BCUT2D eigenvalue weighted by molar-refractivity contribution is 0.0773. The number of nitrogens with one attached hydrogen (secondary N) is 1. The van der Waals surface area contributed by atoms with Gasteiger partial charge in [0.25, 0.3) is 11.8 Å². The maximum Gasteiger partial charge on any atom is 0.256 e. The number of para-hydroxylation sites is 1. The van der Waals surface area contributed by atoms with Crippen molar-refractivity contribution in [3.63, 3.8) is 0 Å². The van der Waals surface area contributed by atoms with Crippen LogP contribution in [0.2, 0.25) is 0 Å². The third-order valence-corrected chi connectivity index (χ3v) is 4.30. The summed E-state index contributed by atoms with van der Waals surface area (Å²) in [5, 5.41) is 9.97. The van der Waals surface area contributed by atoms with Crippen molar-refractivity contribution in [3.8, 4) is 11.9 Å². The fraction of sp³-hybridized carbons (Fsp3) is 0.222. The van der Waals surface area contributed by atoms with Gasteiger partial charge >= 0.3 is 0 Å². The van der Waals surface area contributed by atoms with Crippen molar-refractivity contribution in [1.82, 2.24) is 19.9 Å². The summed E-state index contributed by atoms with van der Waals surface area (Å²) in [6, 6.07) is 9.69. The number of aromatic nitrogens is 3. The molecule has 1 aromatic carbocycles. The van der Waals surface area contributed by atoms with Crippen molar-refractivity contribution in [2.75, 3.05) is 13.1 Å². The zero-order chi connectivity index (χ0) is 17.2. The highest BCUT2D eigenvalue weighted by molar-refractivity contribution is 6.06. The van der Waals surface area contributed by atoms with Gasteiger partial charge in [0.1, 0.15) is 12.2 Å². The highest BCUT2D eigenvalue weighted by atomic mass is 16.5. The van der Waals surface area contributed by atoms with E-state index < -0.39 is 0 Å². The van der Waals surface area contributed by atoms with Crippen molar-refractivity contribution < 1.29 is 9.53 Å². The predicted octanol–water partition coefficient (Wildman–Crippen LogP) is 2.12. The molecule has 0 saturated carbocycles. The van der Waals surface area contributed by atoms with Gasteiger partial charge in [-0.05, 0) is 6.07 Å². The van der Waals surface area contributed by atoms with E-state index in [9.17, 15) is 4.79 Å². The van der Waals surface area contributed by atoms with Crippen LogP contribution < -0.4 is 4.74 Å². The van der Waals surface area contributed by atoms with Crippen LogP contribution in [0.1, 0.15) is 22.5 Å². The van der Waals surface area contributed by atoms with E-state index in [1.54, 1.807) is 11.1 Å². The van der Waals surface area contributed by atoms with E-state index in [0.717, 1.165) is 10.9 Å². The Bertz CT molecular complexity index is 975. The maximum absolute atomic E-state index is 12.8. The largest absolute Gasteiger partial charge is 0.470 e. The second kappa shape index (κ2) is 6.24. The second-order valence-electron chi connectivity index (χ2n) is 5.85. The molecule has 7 heteroatoms. The van der Waals surface area contributed by atoms with E-state index in [-0.39, 0.29) is 23.6 Å². The Morgan fingerprint density at radius 3 is 3.04 bits per heavy atom. The molecule has 0 unspecified atom stereocenters. The van der Waals surface area contributed by atoms with E-state index in [1.807, 2.05) is 30.3 Å². The Morgan fingerprint density at radius 2 is 2.16 bits per heavy atom. The van der Waals surface area contributed by atoms with Gasteiger partial charge in [0.2, 0.25) is 5.69 Å². The van der Waals surface area contributed by atoms with E-state index in [4.69, 9.17) is 10.00 Å². The molecule has 1 saturated heterocycles. The number of hydrogen-bond acceptors (Lipinski definition) is 5. The SMILES string of the molecule is N#Cc1nccnc1O[C@@H]1CCN(C(=O)c2c[nH]c3ccccc23)C1. The van der Waals surface area contributed by atoms with Crippen LogP contribution in [-0.4, -0.2) is 45.0 Å². The third kappa shape index (κ3) is 2.78. The fourth-order valence-electron chi connectivity index (χ4n) is 3.07. The van der Waals surface area contributed by atoms with Gasteiger partial charge in [0, 0.05) is 42.5 Å². The lowest BCUT2D eigenvalue weighted by atomic mass is 10.1. The van der Waals surface area contributed by atoms with Crippen molar-refractivity contribution in [2.45, 2.75) is 12.5 Å². The lowest BCUT2D eigenvalue weighted by Gasteiger charge is -2.16. The zero-order valence-electron chi connectivity index (χ0n) is 13.3. The van der Waals surface area contributed by atoms with E-state index in [2.05, 4.69) is 15.0 Å². The maximum atomic E-state index is 12.8. The molecule has 1 amide bonds. The van der Waals surface area contributed by atoms with Gasteiger partial charge in [-0.25, -0.2) is 9.97 Å². The molecule has 1 fully saturated rings. The summed E-state index contributed by atoms with van der Waals surface area (Å²) in [5.41, 5.74) is 1.76. The first-order chi connectivity index (χ1) is 12.3. The number of carbonyl (C=O) groups is 1. The number of benzene rings is 1. The molecule has 0 spiro atoms. The molecule has 2 aromatic heterocycles. The van der Waals surface area contributed by atoms with Crippen molar-refractivity contribution >= 4 is 16.8 Å². The van der Waals surface area contributed by atoms with E-state index in [0.29, 0.717) is 25.1 Å². The van der Waals surface area contributed by atoms with Gasteiger partial charge in [0.15, 0.2) is 0 Å². The molecule has 0 radical (unpaired) electrons. The molecule has 4 rings (SSSR count). The van der Waals surface area contributed by atoms with Crippen LogP contribution in [0.3, 0.4) is 0 Å². The highest BCUT2D eigenvalue weighted by Gasteiger charge is 2.30. The number of ether oxygens (including phenoxy) is 1. The summed E-state index contributed by atoms with van der Waals surface area (Å²) >= 11 is 0. The minimum absolute atomic E-state index is 0.0248. The van der Waals surface area contributed by atoms with Crippen LogP contribution in [0, 0.1) is 11.3 Å². The molecule has 3 aromatic rings. The number of aromatic amines is 1. The van der Waals surface area contributed by atoms with E-state index in [1.165, 1.54) is 12.4 Å². The van der Waals surface area contributed by atoms with Gasteiger partial charge < -0.3 is 14.6 Å². The smallest absolute Gasteiger partial charge is 0.256 e. The number of nitrogens with zero attached hydrogens (tertiary/aromatic N) is 4. The Hall–Kier alpha value is -3.40. The molecule has 1 aliphatic rings. The number of rotatable bonds is 3. The topological polar surface area (TPSA) is 94.9 Å². The normalized spacial score (nSPS) is 16.8. The van der Waals surface area contributed by atoms with E-state index >= 15 is 0 Å². The summed E-state index contributed by atoms with van der Waals surface area (Å²) in [6.45, 7) is 1.06. The Labute approximate surface area is 143 Å². The van der Waals surface area contributed by atoms with Gasteiger partial charge in [-0.3, -0.25) is 4.79 Å². The van der Waals surface area contributed by atoms with Crippen LogP contribution >= 0.6 is 0 Å². The summed E-state index contributed by atoms with van der Waals surface area (Å²) in [5.74, 6) is 0.194. The molecule has 1 atom stereocenters. The zero-order valence-corrected chi connectivity index (χ0v) is 13.3. The van der Waals surface area contributed by atoms with Crippen molar-refractivity contribution in [2.24, 2.45) is 0 Å². The number of hydrogen-bond donors (Lipinski definition) is 1. The molecule has 0 bridgehead atoms. The monoisotopic (exact) mass is 333 g/mol. The minimum atomic E-state index is -0.196. The molecule has 0 aliphatic carbocycles. The number of amides is 1. The fourth-order valence-corrected chi connectivity index (χ4v) is 3.07. The number of carbonyl (C=O) groups excluding carboxylic acids is 1. The number of nitriles is 1. The van der Waals surface area contributed by atoms with Gasteiger partial charge in [0.05, 0.1) is 12.1 Å². The van der Waals surface area contributed by atoms with Crippen molar-refractivity contribution in [3.05, 3.63) is 54.1 Å². The number of H-pyrrole nitrogens is 1. The van der Waals surface area contributed by atoms with Crippen LogP contribution in [-0.2, 0) is 0 Å². The summed E-state index contributed by atoms with van der Waals surface area (Å²) in [6.07, 6.45) is 5.18. The van der Waals surface area contributed by atoms with Crippen LogP contribution in [0.15, 0.2) is 42.9 Å². The molecule has 1 N–H and O–H groups in total. The van der Waals surface area contributed by atoms with Crippen LogP contribution in [0.5, 0.6) is 5.88 Å². The van der Waals surface area contributed by atoms with Crippen LogP contribution in [0.25, 0.3) is 10.9 Å². The molecule has 25 heavy (non-hydrogen) atoms.